The predicted octanol–water partition coefficient (Wildman–Crippen LogP) is 4.21. The van der Waals surface area contributed by atoms with Crippen molar-refractivity contribution >= 4 is 45.9 Å². The number of methoxy groups -OCH3 is 2. The first kappa shape index (κ1) is 27.0. The van der Waals surface area contributed by atoms with E-state index in [0.29, 0.717) is 22.6 Å². The standard InChI is InChI=1S/C23H25N3O8S2/c1-6-32-21(28)16-12(3)18(22(29)33-7-2)36-20(16)24-15(27)11-35-23-26-25-19(34-23)17-13(30-4)9-8-10-14(17)31-5/h8-10H,6-7,11H2,1-5H3,(H,24,27). The highest BCUT2D eigenvalue weighted by atomic mass is 32.2. The molecule has 0 atom stereocenters. The van der Waals surface area contributed by atoms with Crippen molar-refractivity contribution in [3.8, 4) is 23.0 Å². The third kappa shape index (κ3) is 5.97. The van der Waals surface area contributed by atoms with Crippen molar-refractivity contribution in [2.45, 2.75) is 26.0 Å². The summed E-state index contributed by atoms with van der Waals surface area (Å²) in [7, 11) is 3.03. The number of thioether (sulfide) groups is 1. The molecule has 2 aromatic heterocycles. The Balaban J connectivity index is 1.75. The van der Waals surface area contributed by atoms with Gasteiger partial charge in [0.25, 0.3) is 11.1 Å². The van der Waals surface area contributed by atoms with E-state index in [0.717, 1.165) is 23.1 Å². The zero-order valence-electron chi connectivity index (χ0n) is 20.3. The van der Waals surface area contributed by atoms with Crippen LogP contribution in [0, 0.1) is 6.92 Å². The number of ether oxygens (including phenoxy) is 4. The second-order valence-corrected chi connectivity index (χ2v) is 8.90. The Hall–Kier alpha value is -3.58. The molecule has 0 unspecified atom stereocenters. The molecule has 0 saturated heterocycles. The highest BCUT2D eigenvalue weighted by Gasteiger charge is 2.27. The largest absolute Gasteiger partial charge is 0.496 e. The van der Waals surface area contributed by atoms with Gasteiger partial charge in [-0.05, 0) is 38.5 Å². The van der Waals surface area contributed by atoms with Crippen LogP contribution in [0.3, 0.4) is 0 Å². The van der Waals surface area contributed by atoms with Crippen molar-refractivity contribution in [2.75, 3.05) is 38.5 Å². The van der Waals surface area contributed by atoms with Crippen molar-refractivity contribution in [1.29, 1.82) is 0 Å². The molecule has 0 aliphatic rings. The van der Waals surface area contributed by atoms with Crippen LogP contribution in [0.25, 0.3) is 11.5 Å². The molecule has 11 nitrogen and oxygen atoms in total. The lowest BCUT2D eigenvalue weighted by molar-refractivity contribution is -0.113. The molecular formula is C23H25N3O8S2. The molecule has 192 valence electrons. The van der Waals surface area contributed by atoms with E-state index in [9.17, 15) is 14.4 Å². The maximum absolute atomic E-state index is 12.7. The molecule has 2 heterocycles. The van der Waals surface area contributed by atoms with Gasteiger partial charge >= 0.3 is 11.9 Å². The van der Waals surface area contributed by atoms with Crippen LogP contribution in [-0.2, 0) is 14.3 Å². The quantitative estimate of drug-likeness (QED) is 0.279. The lowest BCUT2D eigenvalue weighted by Gasteiger charge is -2.09. The molecule has 1 N–H and O–H groups in total. The van der Waals surface area contributed by atoms with Crippen molar-refractivity contribution in [1.82, 2.24) is 10.2 Å². The van der Waals surface area contributed by atoms with Crippen LogP contribution in [0.5, 0.6) is 11.5 Å². The minimum Gasteiger partial charge on any atom is -0.496 e. The highest BCUT2D eigenvalue weighted by Crippen LogP contribution is 2.38. The van der Waals surface area contributed by atoms with Gasteiger partial charge in [0.15, 0.2) is 0 Å². The van der Waals surface area contributed by atoms with E-state index < -0.39 is 17.8 Å². The van der Waals surface area contributed by atoms with Gasteiger partial charge < -0.3 is 28.7 Å². The first-order chi connectivity index (χ1) is 17.3. The molecular weight excluding hydrogens is 510 g/mol. The SMILES string of the molecule is CCOC(=O)c1sc(NC(=O)CSc2nnc(-c3c(OC)cccc3OC)o2)c(C(=O)OCC)c1C. The van der Waals surface area contributed by atoms with Crippen LogP contribution in [0.15, 0.2) is 27.8 Å². The number of carbonyl (C=O) groups is 3. The van der Waals surface area contributed by atoms with Gasteiger partial charge in [0, 0.05) is 0 Å². The average molecular weight is 536 g/mol. The Bertz CT molecular complexity index is 1230. The summed E-state index contributed by atoms with van der Waals surface area (Å²) in [5.74, 6) is -0.615. The first-order valence-corrected chi connectivity index (χ1v) is 12.6. The highest BCUT2D eigenvalue weighted by molar-refractivity contribution is 7.99. The zero-order chi connectivity index (χ0) is 26.2. The van der Waals surface area contributed by atoms with Crippen molar-refractivity contribution < 1.29 is 37.7 Å². The molecule has 3 rings (SSSR count). The van der Waals surface area contributed by atoms with E-state index in [-0.39, 0.29) is 45.5 Å². The van der Waals surface area contributed by atoms with Gasteiger partial charge in [-0.15, -0.1) is 21.5 Å². The second-order valence-electron chi connectivity index (χ2n) is 6.95. The average Bonchev–Trinajstić information content (AvgIpc) is 3.46. The number of nitrogens with one attached hydrogen (secondary N) is 1. The lowest BCUT2D eigenvalue weighted by Crippen LogP contribution is -2.16. The van der Waals surface area contributed by atoms with Crippen LogP contribution < -0.4 is 14.8 Å². The fraction of sp³-hybridized carbons (Fsp3) is 0.348. The molecule has 0 saturated carbocycles. The summed E-state index contributed by atoms with van der Waals surface area (Å²) in [6, 6.07) is 5.23. The smallest absolute Gasteiger partial charge is 0.348 e. The van der Waals surface area contributed by atoms with E-state index in [1.807, 2.05) is 0 Å². The Morgan fingerprint density at radius 3 is 2.28 bits per heavy atom. The molecule has 36 heavy (non-hydrogen) atoms. The molecule has 1 aromatic carbocycles. The maximum Gasteiger partial charge on any atom is 0.348 e. The van der Waals surface area contributed by atoms with Gasteiger partial charge in [-0.25, -0.2) is 9.59 Å². The fourth-order valence-electron chi connectivity index (χ4n) is 3.16. The summed E-state index contributed by atoms with van der Waals surface area (Å²) in [5, 5.41) is 11.0. The lowest BCUT2D eigenvalue weighted by atomic mass is 10.1. The molecule has 0 fully saturated rings. The van der Waals surface area contributed by atoms with E-state index in [1.165, 1.54) is 14.2 Å². The minimum atomic E-state index is -0.642. The normalized spacial score (nSPS) is 10.6. The summed E-state index contributed by atoms with van der Waals surface area (Å²) in [4.78, 5) is 37.7. The van der Waals surface area contributed by atoms with Gasteiger partial charge in [0.05, 0.1) is 38.7 Å². The Morgan fingerprint density at radius 1 is 1.03 bits per heavy atom. The summed E-state index contributed by atoms with van der Waals surface area (Å²) >= 11 is 1.96. The van der Waals surface area contributed by atoms with Crippen molar-refractivity contribution in [3.05, 3.63) is 34.2 Å². The Morgan fingerprint density at radius 2 is 1.67 bits per heavy atom. The Labute approximate surface area is 215 Å². The fourth-order valence-corrected chi connectivity index (χ4v) is 4.83. The van der Waals surface area contributed by atoms with Gasteiger partial charge in [-0.2, -0.15) is 0 Å². The molecule has 0 spiro atoms. The van der Waals surface area contributed by atoms with Crippen molar-refractivity contribution in [2.24, 2.45) is 0 Å². The molecule has 0 aliphatic carbocycles. The van der Waals surface area contributed by atoms with Gasteiger partial charge in [-0.1, -0.05) is 17.8 Å². The van der Waals surface area contributed by atoms with Crippen LogP contribution >= 0.6 is 23.1 Å². The van der Waals surface area contributed by atoms with E-state index in [4.69, 9.17) is 23.4 Å². The van der Waals surface area contributed by atoms with E-state index >= 15 is 0 Å². The molecule has 13 heteroatoms. The molecule has 1 amide bonds. The van der Waals surface area contributed by atoms with Crippen molar-refractivity contribution in [3.63, 3.8) is 0 Å². The van der Waals surface area contributed by atoms with E-state index in [1.54, 1.807) is 39.0 Å². The Kier molecular flexibility index (Phi) is 9.31. The van der Waals surface area contributed by atoms with E-state index in [2.05, 4.69) is 15.5 Å². The summed E-state index contributed by atoms with van der Waals surface area (Å²) < 4.78 is 26.6. The van der Waals surface area contributed by atoms with Crippen LogP contribution in [0.2, 0.25) is 0 Å². The molecule has 0 aliphatic heterocycles. The number of amides is 1. The number of nitrogens with zero attached hydrogens (tertiary/aromatic N) is 2. The summed E-state index contributed by atoms with van der Waals surface area (Å²) in [6.07, 6.45) is 0. The predicted molar refractivity (Wildman–Crippen MR) is 133 cm³/mol. The van der Waals surface area contributed by atoms with Gasteiger partial charge in [0.2, 0.25) is 5.91 Å². The third-order valence-corrected chi connectivity index (χ3v) is 6.72. The minimum absolute atomic E-state index is 0.0986. The number of rotatable bonds is 11. The zero-order valence-corrected chi connectivity index (χ0v) is 22.0. The number of benzene rings is 1. The number of thiophene rings is 1. The number of hydrogen-bond acceptors (Lipinski definition) is 12. The molecule has 3 aromatic rings. The van der Waals surface area contributed by atoms with Gasteiger partial charge in [-0.3, -0.25) is 4.79 Å². The van der Waals surface area contributed by atoms with Crippen LogP contribution in [0.1, 0.15) is 39.4 Å². The number of anilines is 1. The second kappa shape index (κ2) is 12.4. The number of aromatic nitrogens is 2. The molecule has 0 bridgehead atoms. The first-order valence-electron chi connectivity index (χ1n) is 10.8. The number of carbonyl (C=O) groups excluding carboxylic acids is 3. The van der Waals surface area contributed by atoms with Crippen LogP contribution in [-0.4, -0.2) is 61.2 Å². The molecule has 0 radical (unpaired) electrons. The third-order valence-electron chi connectivity index (χ3n) is 4.72. The topological polar surface area (TPSA) is 139 Å². The maximum atomic E-state index is 12.7. The number of hydrogen-bond donors (Lipinski definition) is 1. The number of esters is 2. The monoisotopic (exact) mass is 535 g/mol. The van der Waals surface area contributed by atoms with Crippen LogP contribution in [0.4, 0.5) is 5.00 Å². The van der Waals surface area contributed by atoms with Gasteiger partial charge in [0.1, 0.15) is 26.9 Å². The summed E-state index contributed by atoms with van der Waals surface area (Å²) in [5.41, 5.74) is 0.990. The summed E-state index contributed by atoms with van der Waals surface area (Å²) in [6.45, 7) is 5.27.